The molecule has 5 heteroatoms. The van der Waals surface area contributed by atoms with Gasteiger partial charge >= 0.3 is 0 Å². The van der Waals surface area contributed by atoms with Crippen molar-refractivity contribution in [3.8, 4) is 11.5 Å². The molecule has 21 heavy (non-hydrogen) atoms. The minimum absolute atomic E-state index is 0.634. The average molecular weight is 359 g/mol. The smallest absolute Gasteiger partial charge is 0.162 e. The normalized spacial score (nSPS) is 11.0. The van der Waals surface area contributed by atoms with Crippen molar-refractivity contribution >= 4 is 15.9 Å². The van der Waals surface area contributed by atoms with Gasteiger partial charge in [-0.05, 0) is 65.1 Å². The van der Waals surface area contributed by atoms with Crippen LogP contribution in [0.1, 0.15) is 25.8 Å². The summed E-state index contributed by atoms with van der Waals surface area (Å²) < 4.78 is 12.3. The van der Waals surface area contributed by atoms with Gasteiger partial charge in [0, 0.05) is 11.0 Å². The molecule has 0 aliphatic carbocycles. The number of nitrogens with zero attached hydrogens (tertiary/aromatic N) is 1. The van der Waals surface area contributed by atoms with E-state index in [1.54, 1.807) is 0 Å². The van der Waals surface area contributed by atoms with Gasteiger partial charge in [0.05, 0.1) is 13.2 Å². The van der Waals surface area contributed by atoms with Gasteiger partial charge < -0.3 is 19.7 Å². The summed E-state index contributed by atoms with van der Waals surface area (Å²) in [5.74, 6) is 1.61. The highest BCUT2D eigenvalue weighted by Crippen LogP contribution is 2.33. The number of ether oxygens (including phenoxy) is 2. The lowest BCUT2D eigenvalue weighted by Gasteiger charge is -2.15. The minimum atomic E-state index is 0.634. The molecule has 1 aromatic rings. The lowest BCUT2D eigenvalue weighted by atomic mass is 10.2. The zero-order chi connectivity index (χ0) is 15.7. The molecular weight excluding hydrogens is 332 g/mol. The molecular formula is C16H27BrN2O2. The summed E-state index contributed by atoms with van der Waals surface area (Å²) in [6, 6.07) is 4.04. The van der Waals surface area contributed by atoms with Gasteiger partial charge in [-0.15, -0.1) is 0 Å². The molecule has 0 aromatic heterocycles. The van der Waals surface area contributed by atoms with E-state index in [-0.39, 0.29) is 0 Å². The van der Waals surface area contributed by atoms with Crippen LogP contribution in [0.3, 0.4) is 0 Å². The molecule has 0 unspecified atom stereocenters. The first-order valence-electron chi connectivity index (χ1n) is 7.51. The van der Waals surface area contributed by atoms with Gasteiger partial charge in [0.2, 0.25) is 0 Å². The van der Waals surface area contributed by atoms with Crippen LogP contribution in [0.4, 0.5) is 0 Å². The molecule has 0 aliphatic heterocycles. The highest BCUT2D eigenvalue weighted by molar-refractivity contribution is 9.10. The van der Waals surface area contributed by atoms with E-state index in [2.05, 4.69) is 46.3 Å². The topological polar surface area (TPSA) is 33.7 Å². The maximum Gasteiger partial charge on any atom is 0.162 e. The van der Waals surface area contributed by atoms with Crippen molar-refractivity contribution < 1.29 is 9.47 Å². The first-order valence-corrected chi connectivity index (χ1v) is 8.31. The van der Waals surface area contributed by atoms with Crippen molar-refractivity contribution in [3.63, 3.8) is 0 Å². The summed E-state index contributed by atoms with van der Waals surface area (Å²) in [6.45, 7) is 8.15. The second kappa shape index (κ2) is 10.0. The predicted molar refractivity (Wildman–Crippen MR) is 91.4 cm³/mol. The molecule has 0 saturated carbocycles. The highest BCUT2D eigenvalue weighted by atomic mass is 79.9. The number of nitrogens with one attached hydrogen (secondary N) is 1. The summed E-state index contributed by atoms with van der Waals surface area (Å²) in [4.78, 5) is 2.20. The molecule has 0 amide bonds. The molecule has 0 heterocycles. The zero-order valence-corrected chi connectivity index (χ0v) is 15.1. The number of benzene rings is 1. The largest absolute Gasteiger partial charge is 0.490 e. The third kappa shape index (κ3) is 6.68. The first-order chi connectivity index (χ1) is 10.1. The molecule has 0 saturated heterocycles. The molecule has 120 valence electrons. The standard InChI is InChI=1S/C16H27BrN2O2/c1-5-20-15-10-13(12-18-8-7-9-19(3)4)14(17)11-16(15)21-6-2/h10-11,18H,5-9,12H2,1-4H3. The Labute approximate surface area is 136 Å². The van der Waals surface area contributed by atoms with Crippen LogP contribution in [0.15, 0.2) is 16.6 Å². The fourth-order valence-corrected chi connectivity index (χ4v) is 2.46. The molecule has 1 rings (SSSR count). The summed E-state index contributed by atoms with van der Waals surface area (Å²) in [7, 11) is 4.19. The van der Waals surface area contributed by atoms with Gasteiger partial charge in [-0.1, -0.05) is 15.9 Å². The Balaban J connectivity index is 2.62. The first kappa shape index (κ1) is 18.3. The summed E-state index contributed by atoms with van der Waals surface area (Å²) >= 11 is 3.61. The second-order valence-electron chi connectivity index (χ2n) is 5.09. The average Bonchev–Trinajstić information content (AvgIpc) is 2.43. The number of hydrogen-bond donors (Lipinski definition) is 1. The summed E-state index contributed by atoms with van der Waals surface area (Å²) in [5.41, 5.74) is 1.19. The van der Waals surface area contributed by atoms with E-state index in [4.69, 9.17) is 9.47 Å². The van der Waals surface area contributed by atoms with Crippen molar-refractivity contribution in [1.29, 1.82) is 0 Å². The van der Waals surface area contributed by atoms with Crippen molar-refractivity contribution in [2.45, 2.75) is 26.8 Å². The second-order valence-corrected chi connectivity index (χ2v) is 5.94. The lowest BCUT2D eigenvalue weighted by Crippen LogP contribution is -2.21. The van der Waals surface area contributed by atoms with Crippen LogP contribution in [0.2, 0.25) is 0 Å². The molecule has 0 aliphatic rings. The van der Waals surface area contributed by atoms with Crippen LogP contribution >= 0.6 is 15.9 Å². The van der Waals surface area contributed by atoms with Gasteiger partial charge in [0.15, 0.2) is 11.5 Å². The van der Waals surface area contributed by atoms with E-state index in [1.807, 2.05) is 19.9 Å². The molecule has 0 fully saturated rings. The number of rotatable bonds is 10. The fraction of sp³-hybridized carbons (Fsp3) is 0.625. The Kier molecular flexibility index (Phi) is 8.73. The third-order valence-electron chi connectivity index (χ3n) is 2.99. The van der Waals surface area contributed by atoms with Crippen LogP contribution in [0, 0.1) is 0 Å². The van der Waals surface area contributed by atoms with E-state index in [1.165, 1.54) is 5.56 Å². The third-order valence-corrected chi connectivity index (χ3v) is 3.72. The molecule has 0 bridgehead atoms. The van der Waals surface area contributed by atoms with E-state index in [0.717, 1.165) is 42.0 Å². The van der Waals surface area contributed by atoms with Gasteiger partial charge in [-0.3, -0.25) is 0 Å². The van der Waals surface area contributed by atoms with Gasteiger partial charge in [0.25, 0.3) is 0 Å². The Morgan fingerprint density at radius 3 is 2.29 bits per heavy atom. The molecule has 0 atom stereocenters. The quantitative estimate of drug-likeness (QED) is 0.650. The van der Waals surface area contributed by atoms with Crippen molar-refractivity contribution in [2.75, 3.05) is 40.4 Å². The predicted octanol–water partition coefficient (Wildman–Crippen LogP) is 3.29. The number of halogens is 1. The van der Waals surface area contributed by atoms with Gasteiger partial charge in [-0.25, -0.2) is 0 Å². The fourth-order valence-electron chi connectivity index (χ4n) is 1.99. The molecule has 1 N–H and O–H groups in total. The van der Waals surface area contributed by atoms with Crippen LogP contribution in [0.5, 0.6) is 11.5 Å². The molecule has 1 aromatic carbocycles. The van der Waals surface area contributed by atoms with Crippen LogP contribution in [0.25, 0.3) is 0 Å². The monoisotopic (exact) mass is 358 g/mol. The lowest BCUT2D eigenvalue weighted by molar-refractivity contribution is 0.287. The van der Waals surface area contributed by atoms with Crippen LogP contribution in [-0.4, -0.2) is 45.3 Å². The zero-order valence-electron chi connectivity index (χ0n) is 13.5. The highest BCUT2D eigenvalue weighted by Gasteiger charge is 2.10. The maximum absolute atomic E-state index is 5.66. The van der Waals surface area contributed by atoms with E-state index >= 15 is 0 Å². The molecule has 4 nitrogen and oxygen atoms in total. The van der Waals surface area contributed by atoms with Crippen molar-refractivity contribution in [3.05, 3.63) is 22.2 Å². The van der Waals surface area contributed by atoms with Gasteiger partial charge in [-0.2, -0.15) is 0 Å². The van der Waals surface area contributed by atoms with Crippen LogP contribution < -0.4 is 14.8 Å². The van der Waals surface area contributed by atoms with Crippen LogP contribution in [-0.2, 0) is 6.54 Å². The van der Waals surface area contributed by atoms with E-state index in [9.17, 15) is 0 Å². The maximum atomic E-state index is 5.66. The Morgan fingerprint density at radius 2 is 1.71 bits per heavy atom. The van der Waals surface area contributed by atoms with Crippen molar-refractivity contribution in [1.82, 2.24) is 10.2 Å². The molecule has 0 radical (unpaired) electrons. The number of hydrogen-bond acceptors (Lipinski definition) is 4. The van der Waals surface area contributed by atoms with E-state index in [0.29, 0.717) is 13.2 Å². The molecule has 0 spiro atoms. The summed E-state index contributed by atoms with van der Waals surface area (Å²) in [6.07, 6.45) is 1.14. The van der Waals surface area contributed by atoms with Gasteiger partial charge in [0.1, 0.15) is 0 Å². The SMILES string of the molecule is CCOc1cc(Br)c(CNCCCN(C)C)cc1OCC. The van der Waals surface area contributed by atoms with E-state index < -0.39 is 0 Å². The Hall–Kier alpha value is -0.780. The van der Waals surface area contributed by atoms with Crippen molar-refractivity contribution in [2.24, 2.45) is 0 Å². The Bertz CT molecular complexity index is 425. The Morgan fingerprint density at radius 1 is 1.10 bits per heavy atom. The summed E-state index contributed by atoms with van der Waals surface area (Å²) in [5, 5.41) is 3.47. The minimum Gasteiger partial charge on any atom is -0.490 e.